The van der Waals surface area contributed by atoms with Crippen molar-refractivity contribution in [3.63, 3.8) is 0 Å². The van der Waals surface area contributed by atoms with Gasteiger partial charge in [-0.2, -0.15) is 5.26 Å². The molecular weight excluding hydrogens is 438 g/mol. The van der Waals surface area contributed by atoms with Gasteiger partial charge >= 0.3 is 0 Å². The fourth-order valence-corrected chi connectivity index (χ4v) is 5.40. The number of methoxy groups -OCH3 is 3. The highest BCUT2D eigenvalue weighted by Crippen LogP contribution is 2.47. The highest BCUT2D eigenvalue weighted by Gasteiger charge is 2.39. The summed E-state index contributed by atoms with van der Waals surface area (Å²) in [6, 6.07) is 12.3. The maximum Gasteiger partial charge on any atom is 0.229 e. The average molecular weight is 466 g/mol. The van der Waals surface area contributed by atoms with Gasteiger partial charge in [-0.05, 0) is 54.8 Å². The Morgan fingerprint density at radius 2 is 1.73 bits per heavy atom. The van der Waals surface area contributed by atoms with E-state index in [1.807, 2.05) is 12.1 Å². The Morgan fingerprint density at radius 1 is 1.03 bits per heavy atom. The predicted octanol–water partition coefficient (Wildman–Crippen LogP) is 4.55. The van der Waals surface area contributed by atoms with E-state index in [1.54, 1.807) is 26.2 Å². The Kier molecular flexibility index (Phi) is 6.43. The first-order chi connectivity index (χ1) is 15.9. The summed E-state index contributed by atoms with van der Waals surface area (Å²) in [4.78, 5) is 17.2. The third-order valence-corrected chi connectivity index (χ3v) is 7.39. The first kappa shape index (κ1) is 22.9. The van der Waals surface area contributed by atoms with Crippen molar-refractivity contribution in [2.45, 2.75) is 26.2 Å². The number of hydrogen-bond donors (Lipinski definition) is 0. The number of ether oxygens (including phenoxy) is 3. The minimum Gasteiger partial charge on any atom is -0.493 e. The lowest BCUT2D eigenvalue weighted by Crippen LogP contribution is -2.47. The van der Waals surface area contributed by atoms with Crippen molar-refractivity contribution >= 4 is 23.4 Å². The molecule has 0 aromatic heterocycles. The molecule has 1 atom stereocenters. The molecule has 0 aliphatic carbocycles. The molecule has 172 valence electrons. The third kappa shape index (κ3) is 4.09. The Morgan fingerprint density at radius 3 is 2.30 bits per heavy atom. The van der Waals surface area contributed by atoms with Crippen molar-refractivity contribution in [2.24, 2.45) is 0 Å². The molecule has 7 nitrogen and oxygen atoms in total. The van der Waals surface area contributed by atoms with Crippen LogP contribution in [0.5, 0.6) is 17.2 Å². The van der Waals surface area contributed by atoms with Crippen LogP contribution in [0.15, 0.2) is 40.9 Å². The molecule has 0 spiro atoms. The Bertz CT molecular complexity index is 1150. The van der Waals surface area contributed by atoms with Crippen LogP contribution in [0, 0.1) is 25.2 Å². The maximum absolute atomic E-state index is 13.3. The second-order valence-corrected chi connectivity index (χ2v) is 9.02. The van der Waals surface area contributed by atoms with Crippen LogP contribution < -0.4 is 19.1 Å². The molecule has 33 heavy (non-hydrogen) atoms. The molecule has 0 bridgehead atoms. The van der Waals surface area contributed by atoms with Crippen LogP contribution in [0.4, 0.5) is 5.69 Å². The van der Waals surface area contributed by atoms with E-state index in [0.29, 0.717) is 35.4 Å². The number of nitrogens with zero attached hydrogens (tertiary/aromatic N) is 3. The molecule has 0 radical (unpaired) electrons. The minimum atomic E-state index is -0.372. The van der Waals surface area contributed by atoms with Gasteiger partial charge in [0.05, 0.1) is 50.5 Å². The number of carbonyl (C=O) groups excluding carboxylic acids is 1. The molecule has 2 aliphatic rings. The fraction of sp³-hybridized carbons (Fsp3) is 0.360. The lowest BCUT2D eigenvalue weighted by molar-refractivity contribution is -0.129. The highest BCUT2D eigenvalue weighted by atomic mass is 32.2. The summed E-state index contributed by atoms with van der Waals surface area (Å²) in [6.45, 7) is 4.60. The Balaban J connectivity index is 1.70. The van der Waals surface area contributed by atoms with Crippen LogP contribution in [0.3, 0.4) is 0 Å². The molecule has 8 heteroatoms. The van der Waals surface area contributed by atoms with Crippen LogP contribution in [-0.2, 0) is 4.79 Å². The van der Waals surface area contributed by atoms with Gasteiger partial charge in [0.15, 0.2) is 11.5 Å². The van der Waals surface area contributed by atoms with Crippen molar-refractivity contribution < 1.29 is 19.0 Å². The van der Waals surface area contributed by atoms with Gasteiger partial charge in [-0.15, -0.1) is 0 Å². The Labute approximate surface area is 198 Å². The van der Waals surface area contributed by atoms with E-state index < -0.39 is 0 Å². The number of thioether (sulfide) groups is 1. The quantitative estimate of drug-likeness (QED) is 0.641. The molecule has 0 saturated carbocycles. The van der Waals surface area contributed by atoms with Crippen molar-refractivity contribution in [3.05, 3.63) is 57.6 Å². The standard InChI is InChI=1S/C25H27N3O4S/c1-15-6-7-18(8-16(15)2)27-13-28-23(29)11-19(20(12-26)25(28)33-14-27)17-9-21(30-3)24(32-5)22(10-17)31-4/h6-10,19H,11,13-14H2,1-5H3/t19-/m0/s1. The average Bonchev–Trinajstić information content (AvgIpc) is 2.84. The first-order valence-corrected chi connectivity index (χ1v) is 11.6. The molecule has 1 fully saturated rings. The zero-order valence-corrected chi connectivity index (χ0v) is 20.3. The molecular formula is C25H27N3O4S. The van der Waals surface area contributed by atoms with Gasteiger partial charge in [0.25, 0.3) is 0 Å². The van der Waals surface area contributed by atoms with Crippen molar-refractivity contribution in [1.82, 2.24) is 4.90 Å². The number of carbonyl (C=O) groups is 1. The number of allylic oxidation sites excluding steroid dienone is 1. The minimum absolute atomic E-state index is 0.0104. The van der Waals surface area contributed by atoms with Gasteiger partial charge < -0.3 is 19.1 Å². The lowest BCUT2D eigenvalue weighted by Gasteiger charge is -2.42. The number of benzene rings is 2. The summed E-state index contributed by atoms with van der Waals surface area (Å²) in [5.74, 6) is 1.76. The van der Waals surface area contributed by atoms with Gasteiger partial charge in [0.2, 0.25) is 11.7 Å². The van der Waals surface area contributed by atoms with Gasteiger partial charge in [-0.25, -0.2) is 0 Å². The van der Waals surface area contributed by atoms with Crippen LogP contribution in [0.25, 0.3) is 0 Å². The third-order valence-electron chi connectivity index (χ3n) is 6.24. The predicted molar refractivity (Wildman–Crippen MR) is 129 cm³/mol. The fourth-order valence-electron chi connectivity index (χ4n) is 4.24. The highest BCUT2D eigenvalue weighted by molar-refractivity contribution is 8.03. The number of amides is 1. The molecule has 4 rings (SSSR count). The van der Waals surface area contributed by atoms with E-state index in [1.165, 1.54) is 22.9 Å². The second-order valence-electron chi connectivity index (χ2n) is 8.09. The van der Waals surface area contributed by atoms with E-state index in [0.717, 1.165) is 16.3 Å². The normalized spacial score (nSPS) is 18.1. The number of aryl methyl sites for hydroxylation is 2. The van der Waals surface area contributed by atoms with E-state index >= 15 is 0 Å². The molecule has 2 aliphatic heterocycles. The van der Waals surface area contributed by atoms with Crippen LogP contribution >= 0.6 is 11.8 Å². The molecule has 0 unspecified atom stereocenters. The summed E-state index contributed by atoms with van der Waals surface area (Å²) in [6.07, 6.45) is 0.201. The van der Waals surface area contributed by atoms with Crippen LogP contribution in [0.1, 0.15) is 29.0 Å². The van der Waals surface area contributed by atoms with Crippen molar-refractivity contribution in [2.75, 3.05) is 38.8 Å². The smallest absolute Gasteiger partial charge is 0.229 e. The molecule has 2 aromatic carbocycles. The zero-order valence-electron chi connectivity index (χ0n) is 19.5. The molecule has 2 aromatic rings. The van der Waals surface area contributed by atoms with Crippen molar-refractivity contribution in [3.8, 4) is 23.3 Å². The summed E-state index contributed by atoms with van der Waals surface area (Å²) < 4.78 is 16.4. The first-order valence-electron chi connectivity index (χ1n) is 10.6. The molecule has 1 saturated heterocycles. The van der Waals surface area contributed by atoms with Crippen LogP contribution in [-0.4, -0.2) is 44.7 Å². The largest absolute Gasteiger partial charge is 0.493 e. The van der Waals surface area contributed by atoms with Gasteiger partial charge in [-0.3, -0.25) is 9.69 Å². The zero-order chi connectivity index (χ0) is 23.7. The lowest BCUT2D eigenvalue weighted by atomic mass is 9.86. The summed E-state index contributed by atoms with van der Waals surface area (Å²) in [7, 11) is 4.65. The van der Waals surface area contributed by atoms with Crippen molar-refractivity contribution in [1.29, 1.82) is 5.26 Å². The second kappa shape index (κ2) is 9.28. The van der Waals surface area contributed by atoms with E-state index in [4.69, 9.17) is 14.2 Å². The van der Waals surface area contributed by atoms with E-state index in [2.05, 4.69) is 43.0 Å². The SMILES string of the molecule is COc1cc([C@@H]2CC(=O)N3CN(c4ccc(C)c(C)c4)CSC3=C2C#N)cc(OC)c1OC. The van der Waals surface area contributed by atoms with E-state index in [9.17, 15) is 10.1 Å². The number of rotatable bonds is 5. The summed E-state index contributed by atoms with van der Waals surface area (Å²) in [5, 5.41) is 10.8. The number of hydrogen-bond acceptors (Lipinski definition) is 7. The Hall–Kier alpha value is -3.31. The topological polar surface area (TPSA) is 75.0 Å². The molecule has 1 amide bonds. The number of fused-ring (bicyclic) bond motifs is 1. The van der Waals surface area contributed by atoms with Gasteiger partial charge in [0, 0.05) is 18.0 Å². The maximum atomic E-state index is 13.3. The molecule has 0 N–H and O–H groups in total. The number of anilines is 1. The van der Waals surface area contributed by atoms with Gasteiger partial charge in [0.1, 0.15) is 0 Å². The van der Waals surface area contributed by atoms with Crippen LogP contribution in [0.2, 0.25) is 0 Å². The summed E-state index contributed by atoms with van der Waals surface area (Å²) >= 11 is 1.52. The molecule has 2 heterocycles. The number of nitriles is 1. The van der Waals surface area contributed by atoms with Gasteiger partial charge in [-0.1, -0.05) is 17.8 Å². The monoisotopic (exact) mass is 465 g/mol. The summed E-state index contributed by atoms with van der Waals surface area (Å²) in [5.41, 5.74) is 4.90. The van der Waals surface area contributed by atoms with E-state index in [-0.39, 0.29) is 18.2 Å².